The fourth-order valence-electron chi connectivity index (χ4n) is 1.65. The first-order chi connectivity index (χ1) is 10.1. The van der Waals surface area contributed by atoms with Crippen molar-refractivity contribution < 1.29 is 14.3 Å². The molecule has 2 N–H and O–H groups in total. The van der Waals surface area contributed by atoms with Gasteiger partial charge in [0.05, 0.1) is 12.8 Å². The number of hydrogen-bond acceptors (Lipinski definition) is 3. The summed E-state index contributed by atoms with van der Waals surface area (Å²) >= 11 is 5.75. The van der Waals surface area contributed by atoms with Crippen LogP contribution in [0.1, 0.15) is 0 Å². The molecule has 0 unspecified atom stereocenters. The highest BCUT2D eigenvalue weighted by molar-refractivity contribution is 6.43. The molecule has 2 aromatic carbocycles. The molecular formula is C15H13ClN2O3. The number of carbonyl (C=O) groups excluding carboxylic acids is 2. The van der Waals surface area contributed by atoms with Crippen molar-refractivity contribution in [3.63, 3.8) is 0 Å². The van der Waals surface area contributed by atoms with E-state index < -0.39 is 11.8 Å². The smallest absolute Gasteiger partial charge is 0.314 e. The molecule has 108 valence electrons. The molecule has 5 nitrogen and oxygen atoms in total. The molecule has 6 heteroatoms. The monoisotopic (exact) mass is 304 g/mol. The number of amides is 2. The van der Waals surface area contributed by atoms with E-state index >= 15 is 0 Å². The quantitative estimate of drug-likeness (QED) is 0.857. The first-order valence-corrected chi connectivity index (χ1v) is 6.49. The molecule has 0 aliphatic carbocycles. The first-order valence-electron chi connectivity index (χ1n) is 6.11. The number of anilines is 2. The van der Waals surface area contributed by atoms with Crippen LogP contribution >= 0.6 is 11.6 Å². The molecule has 0 saturated carbocycles. The minimum atomic E-state index is -0.783. The number of ether oxygens (including phenoxy) is 1. The molecule has 0 saturated heterocycles. The Labute approximate surface area is 126 Å². The summed E-state index contributed by atoms with van der Waals surface area (Å²) in [6, 6.07) is 13.3. The van der Waals surface area contributed by atoms with Gasteiger partial charge in [0, 0.05) is 10.7 Å². The lowest BCUT2D eigenvalue weighted by molar-refractivity contribution is -0.133. The molecule has 0 spiro atoms. The molecule has 21 heavy (non-hydrogen) atoms. The van der Waals surface area contributed by atoms with Crippen LogP contribution < -0.4 is 15.4 Å². The number of benzene rings is 2. The zero-order valence-corrected chi connectivity index (χ0v) is 12.0. The van der Waals surface area contributed by atoms with E-state index in [0.29, 0.717) is 22.1 Å². The van der Waals surface area contributed by atoms with Gasteiger partial charge in [-0.05, 0) is 36.4 Å². The summed E-state index contributed by atoms with van der Waals surface area (Å²) in [4.78, 5) is 23.7. The topological polar surface area (TPSA) is 67.4 Å². The Balaban J connectivity index is 2.02. The summed E-state index contributed by atoms with van der Waals surface area (Å²) in [5.74, 6) is -1.08. The second-order valence-electron chi connectivity index (χ2n) is 4.12. The maximum Gasteiger partial charge on any atom is 0.314 e. The first kappa shape index (κ1) is 14.9. The third kappa shape index (κ3) is 3.97. The van der Waals surface area contributed by atoms with Crippen LogP contribution in [0.3, 0.4) is 0 Å². The van der Waals surface area contributed by atoms with Crippen LogP contribution in [0.5, 0.6) is 5.75 Å². The van der Waals surface area contributed by atoms with Crippen molar-refractivity contribution in [1.82, 2.24) is 0 Å². The van der Waals surface area contributed by atoms with Crippen molar-refractivity contribution in [2.24, 2.45) is 0 Å². The van der Waals surface area contributed by atoms with Crippen LogP contribution in [0.2, 0.25) is 5.02 Å². The maximum absolute atomic E-state index is 11.8. The lowest BCUT2D eigenvalue weighted by Gasteiger charge is -2.09. The number of nitrogens with one attached hydrogen (secondary N) is 2. The average molecular weight is 305 g/mol. The lowest BCUT2D eigenvalue weighted by atomic mass is 10.3. The van der Waals surface area contributed by atoms with Gasteiger partial charge in [-0.1, -0.05) is 23.7 Å². The molecule has 0 aromatic heterocycles. The molecule has 0 radical (unpaired) electrons. The Morgan fingerprint density at radius 2 is 1.57 bits per heavy atom. The zero-order chi connectivity index (χ0) is 15.2. The van der Waals surface area contributed by atoms with Crippen molar-refractivity contribution in [2.75, 3.05) is 17.7 Å². The lowest BCUT2D eigenvalue weighted by Crippen LogP contribution is -2.29. The number of carbonyl (C=O) groups is 2. The van der Waals surface area contributed by atoms with Gasteiger partial charge in [-0.25, -0.2) is 0 Å². The Morgan fingerprint density at radius 1 is 0.952 bits per heavy atom. The second kappa shape index (κ2) is 6.76. The third-order valence-electron chi connectivity index (χ3n) is 2.66. The highest BCUT2D eigenvalue weighted by atomic mass is 35.5. The van der Waals surface area contributed by atoms with E-state index in [1.807, 2.05) is 0 Å². The van der Waals surface area contributed by atoms with Gasteiger partial charge in [0.2, 0.25) is 0 Å². The Hall–Kier alpha value is -2.53. The normalized spacial score (nSPS) is 9.81. The number of para-hydroxylation sites is 2. The van der Waals surface area contributed by atoms with Gasteiger partial charge >= 0.3 is 11.8 Å². The molecule has 0 bridgehead atoms. The van der Waals surface area contributed by atoms with Crippen molar-refractivity contribution >= 4 is 34.8 Å². The van der Waals surface area contributed by atoms with E-state index in [0.717, 1.165) is 0 Å². The van der Waals surface area contributed by atoms with Crippen LogP contribution in [-0.4, -0.2) is 18.9 Å². The van der Waals surface area contributed by atoms with Crippen LogP contribution in [-0.2, 0) is 9.59 Å². The molecule has 2 aromatic rings. The van der Waals surface area contributed by atoms with Gasteiger partial charge < -0.3 is 15.4 Å². The Kier molecular flexibility index (Phi) is 4.79. The van der Waals surface area contributed by atoms with Crippen molar-refractivity contribution in [2.45, 2.75) is 0 Å². The predicted octanol–water partition coefficient (Wildman–Crippen LogP) is 2.93. The average Bonchev–Trinajstić information content (AvgIpc) is 2.50. The summed E-state index contributed by atoms with van der Waals surface area (Å²) < 4.78 is 5.10. The zero-order valence-electron chi connectivity index (χ0n) is 11.2. The maximum atomic E-state index is 11.8. The summed E-state index contributed by atoms with van der Waals surface area (Å²) in [5.41, 5.74) is 0.913. The second-order valence-corrected chi connectivity index (χ2v) is 4.55. The number of rotatable bonds is 3. The Morgan fingerprint density at radius 3 is 2.24 bits per heavy atom. The summed E-state index contributed by atoms with van der Waals surface area (Å²) in [6.07, 6.45) is 0. The summed E-state index contributed by atoms with van der Waals surface area (Å²) in [6.45, 7) is 0. The van der Waals surface area contributed by atoms with Crippen LogP contribution in [0.15, 0.2) is 48.5 Å². The van der Waals surface area contributed by atoms with Gasteiger partial charge in [0.25, 0.3) is 0 Å². The SMILES string of the molecule is COc1ccccc1NC(=O)C(=O)Nc1ccc(Cl)cc1. The fourth-order valence-corrected chi connectivity index (χ4v) is 1.77. The minimum Gasteiger partial charge on any atom is -0.495 e. The van der Waals surface area contributed by atoms with Crippen LogP contribution in [0, 0.1) is 0 Å². The van der Waals surface area contributed by atoms with Gasteiger partial charge in [-0.3, -0.25) is 9.59 Å². The molecule has 2 rings (SSSR count). The van der Waals surface area contributed by atoms with Crippen molar-refractivity contribution in [3.05, 3.63) is 53.6 Å². The highest BCUT2D eigenvalue weighted by Gasteiger charge is 2.15. The fraction of sp³-hybridized carbons (Fsp3) is 0.0667. The van der Waals surface area contributed by atoms with Gasteiger partial charge in [-0.15, -0.1) is 0 Å². The largest absolute Gasteiger partial charge is 0.495 e. The highest BCUT2D eigenvalue weighted by Crippen LogP contribution is 2.23. The summed E-state index contributed by atoms with van der Waals surface area (Å²) in [7, 11) is 1.48. The van der Waals surface area contributed by atoms with Crippen LogP contribution in [0.4, 0.5) is 11.4 Å². The number of halogens is 1. The molecule has 0 heterocycles. The van der Waals surface area contributed by atoms with E-state index in [9.17, 15) is 9.59 Å². The van der Waals surface area contributed by atoms with Crippen molar-refractivity contribution in [1.29, 1.82) is 0 Å². The molecular weight excluding hydrogens is 292 g/mol. The predicted molar refractivity (Wildman–Crippen MR) is 81.7 cm³/mol. The van der Waals surface area contributed by atoms with E-state index in [-0.39, 0.29) is 0 Å². The molecule has 0 fully saturated rings. The minimum absolute atomic E-state index is 0.427. The van der Waals surface area contributed by atoms with Crippen LogP contribution in [0.25, 0.3) is 0 Å². The molecule has 0 atom stereocenters. The van der Waals surface area contributed by atoms with Gasteiger partial charge in [-0.2, -0.15) is 0 Å². The molecule has 2 amide bonds. The summed E-state index contributed by atoms with van der Waals surface area (Å²) in [5, 5.41) is 5.51. The van der Waals surface area contributed by atoms with Gasteiger partial charge in [0.1, 0.15) is 5.75 Å². The molecule has 0 aliphatic heterocycles. The standard InChI is InChI=1S/C15H13ClN2O3/c1-21-13-5-3-2-4-12(13)18-15(20)14(19)17-11-8-6-10(16)7-9-11/h2-9H,1H3,(H,17,19)(H,18,20). The third-order valence-corrected chi connectivity index (χ3v) is 2.92. The number of hydrogen-bond donors (Lipinski definition) is 2. The van der Waals surface area contributed by atoms with E-state index in [2.05, 4.69) is 10.6 Å². The van der Waals surface area contributed by atoms with E-state index in [1.165, 1.54) is 7.11 Å². The Bertz CT molecular complexity index is 656. The number of methoxy groups -OCH3 is 1. The van der Waals surface area contributed by atoms with Crippen molar-refractivity contribution in [3.8, 4) is 5.75 Å². The van der Waals surface area contributed by atoms with E-state index in [4.69, 9.17) is 16.3 Å². The van der Waals surface area contributed by atoms with E-state index in [1.54, 1.807) is 48.5 Å². The molecule has 0 aliphatic rings. The van der Waals surface area contributed by atoms with Gasteiger partial charge in [0.15, 0.2) is 0 Å².